The summed E-state index contributed by atoms with van der Waals surface area (Å²) in [6, 6.07) is 11.4. The van der Waals surface area contributed by atoms with Crippen molar-refractivity contribution in [3.8, 4) is 11.5 Å². The SMILES string of the molecule is Cc1ccc(CNC(=O)CCCn2c(=S)[nH]c3cc4c(cc3c2=O)OCO4)cc1. The molecule has 1 aliphatic rings. The number of nitrogens with zero attached hydrogens (tertiary/aromatic N) is 1. The molecule has 0 bridgehead atoms. The van der Waals surface area contributed by atoms with E-state index in [2.05, 4.69) is 10.3 Å². The summed E-state index contributed by atoms with van der Waals surface area (Å²) in [7, 11) is 0. The third kappa shape index (κ3) is 4.17. The van der Waals surface area contributed by atoms with Gasteiger partial charge in [-0.2, -0.15) is 0 Å². The fraction of sp³-hybridized carbons (Fsp3) is 0.286. The maximum Gasteiger partial charge on any atom is 0.262 e. The van der Waals surface area contributed by atoms with Crippen LogP contribution in [0.2, 0.25) is 0 Å². The minimum absolute atomic E-state index is 0.0577. The zero-order valence-corrected chi connectivity index (χ0v) is 16.8. The minimum atomic E-state index is -0.206. The van der Waals surface area contributed by atoms with E-state index >= 15 is 0 Å². The van der Waals surface area contributed by atoms with Crippen molar-refractivity contribution in [3.05, 3.63) is 62.6 Å². The molecule has 2 aromatic carbocycles. The number of amides is 1. The highest BCUT2D eigenvalue weighted by molar-refractivity contribution is 7.71. The number of ether oxygens (including phenoxy) is 2. The van der Waals surface area contributed by atoms with Crippen LogP contribution in [0, 0.1) is 11.7 Å². The molecular formula is C21H21N3O4S. The molecule has 0 saturated heterocycles. The van der Waals surface area contributed by atoms with Crippen molar-refractivity contribution < 1.29 is 14.3 Å². The van der Waals surface area contributed by atoms with Crippen molar-refractivity contribution >= 4 is 29.0 Å². The Kier molecular flexibility index (Phi) is 5.35. The van der Waals surface area contributed by atoms with Crippen molar-refractivity contribution in [2.45, 2.75) is 32.9 Å². The summed E-state index contributed by atoms with van der Waals surface area (Å²) in [6.45, 7) is 3.01. The second-order valence-corrected chi connectivity index (χ2v) is 7.39. The maximum absolute atomic E-state index is 12.8. The molecule has 0 radical (unpaired) electrons. The zero-order chi connectivity index (χ0) is 20.4. The Labute approximate surface area is 172 Å². The second kappa shape index (κ2) is 8.08. The maximum atomic E-state index is 12.8. The Balaban J connectivity index is 1.40. The lowest BCUT2D eigenvalue weighted by Crippen LogP contribution is -2.25. The molecule has 8 heteroatoms. The van der Waals surface area contributed by atoms with Crippen LogP contribution in [0.5, 0.6) is 11.5 Å². The van der Waals surface area contributed by atoms with Crippen LogP contribution in [-0.2, 0) is 17.9 Å². The smallest absolute Gasteiger partial charge is 0.262 e. The lowest BCUT2D eigenvalue weighted by molar-refractivity contribution is -0.121. The Bertz CT molecular complexity index is 1180. The number of benzene rings is 2. The van der Waals surface area contributed by atoms with E-state index in [9.17, 15) is 9.59 Å². The first kappa shape index (κ1) is 19.2. The zero-order valence-electron chi connectivity index (χ0n) is 16.0. The standard InChI is InChI=1S/C21H21N3O4S/c1-13-4-6-14(7-5-13)11-22-19(25)3-2-8-24-20(26)15-9-17-18(28-12-27-17)10-16(15)23-21(24)29/h4-7,9-10H,2-3,8,11-12H2,1H3,(H,22,25)(H,23,29). The first-order valence-corrected chi connectivity index (χ1v) is 9.81. The normalized spacial score (nSPS) is 12.3. The number of fused-ring (bicyclic) bond motifs is 2. The number of hydrogen-bond acceptors (Lipinski definition) is 5. The first-order chi connectivity index (χ1) is 14.0. The third-order valence-electron chi connectivity index (χ3n) is 4.87. The number of carbonyl (C=O) groups excluding carboxylic acids is 1. The lowest BCUT2D eigenvalue weighted by Gasteiger charge is -2.09. The summed E-state index contributed by atoms with van der Waals surface area (Å²) >= 11 is 5.33. The molecule has 1 amide bonds. The van der Waals surface area contributed by atoms with Gasteiger partial charge in [0, 0.05) is 25.6 Å². The number of H-pyrrole nitrogens is 1. The lowest BCUT2D eigenvalue weighted by atomic mass is 10.1. The number of nitrogens with one attached hydrogen (secondary N) is 2. The summed E-state index contributed by atoms with van der Waals surface area (Å²) in [6.07, 6.45) is 0.819. The largest absolute Gasteiger partial charge is 0.454 e. The van der Waals surface area contributed by atoms with Gasteiger partial charge in [-0.3, -0.25) is 14.2 Å². The van der Waals surface area contributed by atoms with Crippen LogP contribution in [0.3, 0.4) is 0 Å². The van der Waals surface area contributed by atoms with Gasteiger partial charge in [0.1, 0.15) is 0 Å². The summed E-state index contributed by atoms with van der Waals surface area (Å²) < 4.78 is 12.5. The average molecular weight is 411 g/mol. The van der Waals surface area contributed by atoms with Crippen LogP contribution in [-0.4, -0.2) is 22.3 Å². The molecule has 2 heterocycles. The molecule has 3 aromatic rings. The Morgan fingerprint density at radius 2 is 1.93 bits per heavy atom. The highest BCUT2D eigenvalue weighted by atomic mass is 32.1. The van der Waals surface area contributed by atoms with Crippen molar-refractivity contribution in [3.63, 3.8) is 0 Å². The van der Waals surface area contributed by atoms with Gasteiger partial charge in [0.05, 0.1) is 10.9 Å². The van der Waals surface area contributed by atoms with Crippen LogP contribution in [0.1, 0.15) is 24.0 Å². The van der Waals surface area contributed by atoms with Crippen LogP contribution in [0.15, 0.2) is 41.2 Å². The van der Waals surface area contributed by atoms with Gasteiger partial charge in [-0.05, 0) is 37.2 Å². The molecule has 1 aliphatic heterocycles. The van der Waals surface area contributed by atoms with Crippen molar-refractivity contribution in [1.29, 1.82) is 0 Å². The van der Waals surface area contributed by atoms with E-state index in [-0.39, 0.29) is 18.3 Å². The molecule has 150 valence electrons. The quantitative estimate of drug-likeness (QED) is 0.609. The molecule has 0 saturated carbocycles. The van der Waals surface area contributed by atoms with Crippen molar-refractivity contribution in [1.82, 2.24) is 14.9 Å². The number of rotatable bonds is 6. The van der Waals surface area contributed by atoms with E-state index in [1.54, 1.807) is 12.1 Å². The third-order valence-corrected chi connectivity index (χ3v) is 5.19. The Hall–Kier alpha value is -3.13. The van der Waals surface area contributed by atoms with Gasteiger partial charge in [0.15, 0.2) is 16.3 Å². The highest BCUT2D eigenvalue weighted by Gasteiger charge is 2.17. The van der Waals surface area contributed by atoms with Gasteiger partial charge in [-0.15, -0.1) is 0 Å². The molecule has 1 aromatic heterocycles. The van der Waals surface area contributed by atoms with Gasteiger partial charge < -0.3 is 19.8 Å². The van der Waals surface area contributed by atoms with E-state index in [1.165, 1.54) is 10.1 Å². The molecule has 7 nitrogen and oxygen atoms in total. The van der Waals surface area contributed by atoms with E-state index in [1.807, 2.05) is 31.2 Å². The van der Waals surface area contributed by atoms with Gasteiger partial charge in [0.2, 0.25) is 12.7 Å². The number of aromatic amines is 1. The van der Waals surface area contributed by atoms with E-state index in [4.69, 9.17) is 21.7 Å². The van der Waals surface area contributed by atoms with Gasteiger partial charge in [-0.25, -0.2) is 0 Å². The molecule has 0 fully saturated rings. The molecule has 0 atom stereocenters. The van der Waals surface area contributed by atoms with Gasteiger partial charge in [-0.1, -0.05) is 29.8 Å². The molecule has 0 spiro atoms. The summed E-state index contributed by atoms with van der Waals surface area (Å²) in [5.74, 6) is 1.07. The predicted molar refractivity (Wildman–Crippen MR) is 112 cm³/mol. The van der Waals surface area contributed by atoms with Crippen LogP contribution in [0.4, 0.5) is 0 Å². The Morgan fingerprint density at radius 3 is 2.69 bits per heavy atom. The van der Waals surface area contributed by atoms with E-state index in [0.29, 0.717) is 53.1 Å². The number of aryl methyl sites for hydroxylation is 1. The van der Waals surface area contributed by atoms with E-state index in [0.717, 1.165) is 5.56 Å². The fourth-order valence-electron chi connectivity index (χ4n) is 3.24. The minimum Gasteiger partial charge on any atom is -0.454 e. The predicted octanol–water partition coefficient (Wildman–Crippen LogP) is 3.19. The van der Waals surface area contributed by atoms with E-state index < -0.39 is 0 Å². The Morgan fingerprint density at radius 1 is 1.21 bits per heavy atom. The van der Waals surface area contributed by atoms with Crippen LogP contribution < -0.4 is 20.3 Å². The molecule has 4 rings (SSSR count). The average Bonchev–Trinajstić information content (AvgIpc) is 3.16. The second-order valence-electron chi connectivity index (χ2n) is 7.00. The summed E-state index contributed by atoms with van der Waals surface area (Å²) in [5, 5.41) is 3.38. The molecule has 29 heavy (non-hydrogen) atoms. The van der Waals surface area contributed by atoms with Crippen molar-refractivity contribution in [2.24, 2.45) is 0 Å². The molecular weight excluding hydrogens is 390 g/mol. The number of aromatic nitrogens is 2. The highest BCUT2D eigenvalue weighted by Crippen LogP contribution is 2.34. The first-order valence-electron chi connectivity index (χ1n) is 9.40. The summed E-state index contributed by atoms with van der Waals surface area (Å²) in [5.41, 5.74) is 2.63. The fourth-order valence-corrected chi connectivity index (χ4v) is 3.52. The van der Waals surface area contributed by atoms with Gasteiger partial charge in [0.25, 0.3) is 5.56 Å². The van der Waals surface area contributed by atoms with Crippen LogP contribution in [0.25, 0.3) is 10.9 Å². The topological polar surface area (TPSA) is 85.4 Å². The molecule has 2 N–H and O–H groups in total. The van der Waals surface area contributed by atoms with Crippen molar-refractivity contribution in [2.75, 3.05) is 6.79 Å². The number of hydrogen-bond donors (Lipinski definition) is 2. The molecule has 0 aliphatic carbocycles. The number of carbonyl (C=O) groups is 1. The monoisotopic (exact) mass is 411 g/mol. The summed E-state index contributed by atoms with van der Waals surface area (Å²) in [4.78, 5) is 28.0. The van der Waals surface area contributed by atoms with Crippen LogP contribution >= 0.6 is 12.2 Å². The molecule has 0 unspecified atom stereocenters. The van der Waals surface area contributed by atoms with Gasteiger partial charge >= 0.3 is 0 Å².